The zero-order valence-corrected chi connectivity index (χ0v) is 7.78. The van der Waals surface area contributed by atoms with Crippen molar-refractivity contribution in [1.29, 1.82) is 0 Å². The predicted molar refractivity (Wildman–Crippen MR) is 46.8 cm³/mol. The lowest BCUT2D eigenvalue weighted by Crippen LogP contribution is -2.04. The third kappa shape index (κ3) is 1.95. The number of aromatic nitrogens is 1. The first-order valence-electron chi connectivity index (χ1n) is 3.70. The summed E-state index contributed by atoms with van der Waals surface area (Å²) in [5, 5.41) is -0.148. The first-order valence-corrected chi connectivity index (χ1v) is 4.07. The minimum Gasteiger partial charge on any atom is -0.326 e. The molecule has 0 aliphatic rings. The average Bonchev–Trinajstić information content (AvgIpc) is 2.04. The Kier molecular flexibility index (Phi) is 3.17. The molecule has 1 aromatic heterocycles. The summed E-state index contributed by atoms with van der Waals surface area (Å²) in [5.74, 6) is 0. The topological polar surface area (TPSA) is 38.9 Å². The first-order chi connectivity index (χ1) is 6.07. The third-order valence-electron chi connectivity index (χ3n) is 1.88. The molecule has 0 aliphatic carbocycles. The minimum atomic E-state index is -2.61. The van der Waals surface area contributed by atoms with E-state index in [1.165, 1.54) is 6.20 Å². The molecule has 0 saturated heterocycles. The Labute approximate surface area is 79.7 Å². The molecule has 0 spiro atoms. The fourth-order valence-electron chi connectivity index (χ4n) is 1.09. The Morgan fingerprint density at radius 2 is 2.23 bits per heavy atom. The van der Waals surface area contributed by atoms with Crippen LogP contribution in [0.3, 0.4) is 0 Å². The van der Waals surface area contributed by atoms with Crippen molar-refractivity contribution in [2.75, 3.05) is 0 Å². The van der Waals surface area contributed by atoms with E-state index < -0.39 is 6.43 Å². The van der Waals surface area contributed by atoms with E-state index in [0.717, 1.165) is 0 Å². The van der Waals surface area contributed by atoms with Crippen molar-refractivity contribution in [3.05, 3.63) is 28.0 Å². The number of rotatable bonds is 2. The van der Waals surface area contributed by atoms with Gasteiger partial charge in [0.15, 0.2) is 0 Å². The zero-order valence-electron chi connectivity index (χ0n) is 7.02. The number of alkyl halides is 2. The number of hydrogen-bond donors (Lipinski definition) is 1. The van der Waals surface area contributed by atoms with E-state index in [-0.39, 0.29) is 17.3 Å². The van der Waals surface area contributed by atoms with E-state index in [1.54, 1.807) is 6.92 Å². The molecule has 2 N–H and O–H groups in total. The van der Waals surface area contributed by atoms with Crippen LogP contribution >= 0.6 is 11.6 Å². The molecule has 0 saturated carbocycles. The van der Waals surface area contributed by atoms with Gasteiger partial charge in [0, 0.05) is 12.7 Å². The standard InChI is InChI=1S/C8H9ClF2N2/c1-4-5(2-12)3-13-7(9)6(4)8(10)11/h3,8H,2,12H2,1H3. The smallest absolute Gasteiger partial charge is 0.267 e. The quantitative estimate of drug-likeness (QED) is 0.755. The first kappa shape index (κ1) is 10.3. The summed E-state index contributed by atoms with van der Waals surface area (Å²) in [6.45, 7) is 1.76. The molecule has 0 fully saturated rings. The molecule has 0 atom stereocenters. The summed E-state index contributed by atoms with van der Waals surface area (Å²) < 4.78 is 24.9. The van der Waals surface area contributed by atoms with Crippen LogP contribution in [0.1, 0.15) is 23.1 Å². The molecule has 1 heterocycles. The van der Waals surface area contributed by atoms with Gasteiger partial charge >= 0.3 is 0 Å². The Balaban J connectivity index is 3.30. The van der Waals surface area contributed by atoms with Crippen molar-refractivity contribution < 1.29 is 8.78 Å². The van der Waals surface area contributed by atoms with Crippen molar-refractivity contribution in [2.24, 2.45) is 5.73 Å². The second kappa shape index (κ2) is 3.98. The highest BCUT2D eigenvalue weighted by Gasteiger charge is 2.17. The predicted octanol–water partition coefficient (Wildman–Crippen LogP) is 2.44. The number of nitrogens with zero attached hydrogens (tertiary/aromatic N) is 1. The zero-order chi connectivity index (χ0) is 10.0. The van der Waals surface area contributed by atoms with Crippen LogP contribution in [0.2, 0.25) is 5.15 Å². The molecule has 2 nitrogen and oxygen atoms in total. The number of pyridine rings is 1. The van der Waals surface area contributed by atoms with Crippen LogP contribution in [0, 0.1) is 6.92 Å². The van der Waals surface area contributed by atoms with Gasteiger partial charge in [0.05, 0.1) is 5.56 Å². The summed E-state index contributed by atoms with van der Waals surface area (Å²) in [7, 11) is 0. The monoisotopic (exact) mass is 206 g/mol. The van der Waals surface area contributed by atoms with Gasteiger partial charge in [-0.2, -0.15) is 0 Å². The molecule has 0 amide bonds. The lowest BCUT2D eigenvalue weighted by molar-refractivity contribution is 0.150. The van der Waals surface area contributed by atoms with Crippen LogP contribution in [0.15, 0.2) is 6.20 Å². The van der Waals surface area contributed by atoms with Crippen LogP contribution in [0.5, 0.6) is 0 Å². The van der Waals surface area contributed by atoms with Gasteiger partial charge in [-0.05, 0) is 18.1 Å². The number of hydrogen-bond acceptors (Lipinski definition) is 2. The molecule has 0 bridgehead atoms. The maximum absolute atomic E-state index is 12.4. The molecule has 5 heteroatoms. The van der Waals surface area contributed by atoms with E-state index in [1.807, 2.05) is 0 Å². The fraction of sp³-hybridized carbons (Fsp3) is 0.375. The van der Waals surface area contributed by atoms with Crippen LogP contribution < -0.4 is 5.73 Å². The summed E-state index contributed by atoms with van der Waals surface area (Å²) in [5.41, 5.74) is 6.15. The van der Waals surface area contributed by atoms with Gasteiger partial charge in [0.2, 0.25) is 0 Å². The second-order valence-corrected chi connectivity index (χ2v) is 2.98. The molecule has 1 rings (SSSR count). The highest BCUT2D eigenvalue weighted by molar-refractivity contribution is 6.30. The summed E-state index contributed by atoms with van der Waals surface area (Å²) in [4.78, 5) is 3.64. The molecular weight excluding hydrogens is 198 g/mol. The van der Waals surface area contributed by atoms with E-state index in [9.17, 15) is 8.78 Å². The van der Waals surface area contributed by atoms with E-state index in [0.29, 0.717) is 11.1 Å². The number of halogens is 3. The Bertz CT molecular complexity index is 315. The van der Waals surface area contributed by atoms with Crippen LogP contribution in [0.4, 0.5) is 8.78 Å². The van der Waals surface area contributed by atoms with Gasteiger partial charge in [-0.15, -0.1) is 0 Å². The third-order valence-corrected chi connectivity index (χ3v) is 2.18. The molecule has 0 aromatic carbocycles. The van der Waals surface area contributed by atoms with Crippen LogP contribution in [-0.4, -0.2) is 4.98 Å². The summed E-state index contributed by atoms with van der Waals surface area (Å²) in [6, 6.07) is 0. The molecule has 0 aliphatic heterocycles. The molecule has 0 radical (unpaired) electrons. The fourth-order valence-corrected chi connectivity index (χ4v) is 1.36. The molecule has 0 unspecified atom stereocenters. The van der Waals surface area contributed by atoms with Gasteiger partial charge < -0.3 is 5.73 Å². The highest BCUT2D eigenvalue weighted by atomic mass is 35.5. The maximum Gasteiger partial charge on any atom is 0.267 e. The Hall–Kier alpha value is -0.740. The average molecular weight is 207 g/mol. The second-order valence-electron chi connectivity index (χ2n) is 2.62. The van der Waals surface area contributed by atoms with Gasteiger partial charge in [-0.1, -0.05) is 11.6 Å². The van der Waals surface area contributed by atoms with Crippen molar-refractivity contribution in [3.63, 3.8) is 0 Å². The maximum atomic E-state index is 12.4. The Morgan fingerprint density at radius 1 is 1.62 bits per heavy atom. The van der Waals surface area contributed by atoms with E-state index in [4.69, 9.17) is 17.3 Å². The lowest BCUT2D eigenvalue weighted by Gasteiger charge is -2.09. The van der Waals surface area contributed by atoms with Crippen molar-refractivity contribution in [1.82, 2.24) is 4.98 Å². The van der Waals surface area contributed by atoms with Crippen LogP contribution in [0.25, 0.3) is 0 Å². The van der Waals surface area contributed by atoms with Gasteiger partial charge in [-0.25, -0.2) is 13.8 Å². The van der Waals surface area contributed by atoms with Crippen molar-refractivity contribution >= 4 is 11.6 Å². The molecule has 1 aromatic rings. The van der Waals surface area contributed by atoms with Gasteiger partial charge in [0.1, 0.15) is 5.15 Å². The summed E-state index contributed by atoms with van der Waals surface area (Å²) in [6.07, 6.45) is -1.18. The van der Waals surface area contributed by atoms with Crippen LogP contribution in [-0.2, 0) is 6.54 Å². The Morgan fingerprint density at radius 3 is 2.69 bits per heavy atom. The van der Waals surface area contributed by atoms with Crippen molar-refractivity contribution in [2.45, 2.75) is 19.9 Å². The van der Waals surface area contributed by atoms with Gasteiger partial charge in [-0.3, -0.25) is 0 Å². The molecule has 13 heavy (non-hydrogen) atoms. The van der Waals surface area contributed by atoms with Crippen molar-refractivity contribution in [3.8, 4) is 0 Å². The largest absolute Gasteiger partial charge is 0.326 e. The minimum absolute atomic E-state index is 0.148. The highest BCUT2D eigenvalue weighted by Crippen LogP contribution is 2.29. The number of nitrogens with two attached hydrogens (primary N) is 1. The molecular formula is C8H9ClF2N2. The van der Waals surface area contributed by atoms with E-state index >= 15 is 0 Å². The van der Waals surface area contributed by atoms with E-state index in [2.05, 4.69) is 4.98 Å². The molecule has 72 valence electrons. The van der Waals surface area contributed by atoms with Gasteiger partial charge in [0.25, 0.3) is 6.43 Å². The summed E-state index contributed by atoms with van der Waals surface area (Å²) >= 11 is 5.52. The lowest BCUT2D eigenvalue weighted by atomic mass is 10.1. The normalized spacial score (nSPS) is 10.9. The SMILES string of the molecule is Cc1c(CN)cnc(Cl)c1C(F)F.